The van der Waals surface area contributed by atoms with Gasteiger partial charge in [0.2, 0.25) is 5.24 Å². The summed E-state index contributed by atoms with van der Waals surface area (Å²) in [5.74, 6) is -0.153. The Morgan fingerprint density at radius 1 is 0.870 bits per heavy atom. The maximum absolute atomic E-state index is 11.2. The summed E-state index contributed by atoms with van der Waals surface area (Å²) in [6, 6.07) is 0. The third kappa shape index (κ3) is 12.1. The normalized spacial score (nSPS) is 10.9. The molecule has 0 saturated heterocycles. The first kappa shape index (κ1) is 24.2. The third-order valence-corrected chi connectivity index (χ3v) is 3.82. The molecule has 0 saturated carbocycles. The minimum atomic E-state index is -0.418. The number of methoxy groups -OCH3 is 1. The van der Waals surface area contributed by atoms with Gasteiger partial charge in [0.1, 0.15) is 0 Å². The Bertz CT molecular complexity index is 449. The molecule has 0 spiro atoms. The Kier molecular flexibility index (Phi) is 11.2. The van der Waals surface area contributed by atoms with E-state index in [4.69, 9.17) is 11.6 Å². The van der Waals surface area contributed by atoms with Crippen LogP contribution in [0.4, 0.5) is 0 Å². The Labute approximate surface area is 147 Å². The number of esters is 1. The van der Waals surface area contributed by atoms with Crippen molar-refractivity contribution in [2.24, 2.45) is 10.8 Å². The highest BCUT2D eigenvalue weighted by atomic mass is 35.5. The van der Waals surface area contributed by atoms with Gasteiger partial charge in [-0.1, -0.05) is 37.1 Å². The van der Waals surface area contributed by atoms with Crippen molar-refractivity contribution in [3.63, 3.8) is 0 Å². The highest BCUT2D eigenvalue weighted by Crippen LogP contribution is 2.24. The van der Waals surface area contributed by atoms with Gasteiger partial charge in [0.25, 0.3) is 0 Å². The molecule has 134 valence electrons. The maximum Gasteiger partial charge on any atom is 0.311 e. The average Bonchev–Trinajstić information content (AvgIpc) is 2.42. The summed E-state index contributed by atoms with van der Waals surface area (Å²) in [6.07, 6.45) is 5.54. The van der Waals surface area contributed by atoms with Gasteiger partial charge in [-0.25, -0.2) is 0 Å². The largest absolute Gasteiger partial charge is 0.469 e. The van der Waals surface area contributed by atoms with Crippen LogP contribution in [0, 0.1) is 10.8 Å². The minimum Gasteiger partial charge on any atom is -0.469 e. The highest BCUT2D eigenvalue weighted by molar-refractivity contribution is 6.64. The van der Waals surface area contributed by atoms with Crippen LogP contribution in [0.15, 0.2) is 23.3 Å². The van der Waals surface area contributed by atoms with Gasteiger partial charge in [0.05, 0.1) is 12.5 Å². The monoisotopic (exact) mass is 344 g/mol. The topological polar surface area (TPSA) is 43.4 Å². The molecule has 0 aliphatic heterocycles. The van der Waals surface area contributed by atoms with Crippen molar-refractivity contribution in [2.45, 2.75) is 68.2 Å². The van der Waals surface area contributed by atoms with Gasteiger partial charge in [0, 0.05) is 5.41 Å². The fourth-order valence-electron chi connectivity index (χ4n) is 1.36. The van der Waals surface area contributed by atoms with Crippen LogP contribution in [0.25, 0.3) is 0 Å². The Morgan fingerprint density at radius 2 is 1.22 bits per heavy atom. The quantitative estimate of drug-likeness (QED) is 0.354. The zero-order chi connectivity index (χ0) is 18.8. The van der Waals surface area contributed by atoms with Crippen LogP contribution < -0.4 is 0 Å². The summed E-state index contributed by atoms with van der Waals surface area (Å²) in [6.45, 7) is 15.5. The van der Waals surface area contributed by atoms with Gasteiger partial charge >= 0.3 is 5.97 Å². The molecule has 0 bridgehead atoms. The number of rotatable bonds is 6. The zero-order valence-electron chi connectivity index (χ0n) is 16.2. The number of ether oxygens (including phenoxy) is 1. The molecule has 0 amide bonds. The third-order valence-electron chi connectivity index (χ3n) is 3.31. The van der Waals surface area contributed by atoms with Crippen LogP contribution in [0.3, 0.4) is 0 Å². The fraction of sp³-hybridized carbons (Fsp3) is 0.684. The number of carbonyl (C=O) groups is 2. The molecule has 0 N–H and O–H groups in total. The van der Waals surface area contributed by atoms with Crippen molar-refractivity contribution in [1.29, 1.82) is 0 Å². The molecule has 0 rings (SSSR count). The number of halogens is 1. The van der Waals surface area contributed by atoms with Crippen LogP contribution in [-0.2, 0) is 14.3 Å². The van der Waals surface area contributed by atoms with Crippen LogP contribution >= 0.6 is 11.6 Å². The van der Waals surface area contributed by atoms with E-state index in [1.54, 1.807) is 0 Å². The average molecular weight is 345 g/mol. The van der Waals surface area contributed by atoms with Crippen LogP contribution in [0.1, 0.15) is 68.2 Å². The van der Waals surface area contributed by atoms with Gasteiger partial charge in [0.15, 0.2) is 0 Å². The van der Waals surface area contributed by atoms with E-state index >= 15 is 0 Å². The molecule has 0 atom stereocenters. The summed E-state index contributed by atoms with van der Waals surface area (Å²) in [5, 5.41) is -0.269. The van der Waals surface area contributed by atoms with Crippen molar-refractivity contribution < 1.29 is 14.3 Å². The summed E-state index contributed by atoms with van der Waals surface area (Å²) in [7, 11) is 1.42. The molecule has 23 heavy (non-hydrogen) atoms. The van der Waals surface area contributed by atoms with Crippen LogP contribution in [0.5, 0.6) is 0 Å². The van der Waals surface area contributed by atoms with E-state index in [9.17, 15) is 9.59 Å². The van der Waals surface area contributed by atoms with Gasteiger partial charge in [-0.2, -0.15) is 0 Å². The van der Waals surface area contributed by atoms with Crippen LogP contribution in [-0.4, -0.2) is 18.3 Å². The molecular formula is C19H33ClO3. The molecular weight excluding hydrogens is 312 g/mol. The number of hydrogen-bond acceptors (Lipinski definition) is 3. The summed E-state index contributed by atoms with van der Waals surface area (Å²) in [4.78, 5) is 22.0. The van der Waals surface area contributed by atoms with Crippen LogP contribution in [0.2, 0.25) is 0 Å². The second-order valence-corrected chi connectivity index (χ2v) is 7.85. The smallest absolute Gasteiger partial charge is 0.311 e. The molecule has 0 aliphatic carbocycles. The van der Waals surface area contributed by atoms with E-state index < -0.39 is 10.8 Å². The van der Waals surface area contributed by atoms with E-state index in [0.29, 0.717) is 0 Å². The Hall–Kier alpha value is -1.09. The number of allylic oxidation sites excluding steroid dienone is 4. The number of hydrogen-bond donors (Lipinski definition) is 0. The molecule has 0 aromatic heterocycles. The lowest BCUT2D eigenvalue weighted by molar-refractivity contribution is -0.150. The van der Waals surface area contributed by atoms with Crippen molar-refractivity contribution >= 4 is 22.8 Å². The fourth-order valence-corrected chi connectivity index (χ4v) is 1.44. The van der Waals surface area contributed by atoms with Crippen molar-refractivity contribution in [3.8, 4) is 0 Å². The molecule has 0 heterocycles. The molecule has 0 aliphatic rings. The first-order valence-corrected chi connectivity index (χ1v) is 8.19. The predicted molar refractivity (Wildman–Crippen MR) is 98.5 cm³/mol. The molecule has 0 unspecified atom stereocenters. The summed E-state index contributed by atoms with van der Waals surface area (Å²) in [5.41, 5.74) is 1.63. The van der Waals surface area contributed by atoms with E-state index in [-0.39, 0.29) is 11.2 Å². The SMILES string of the molecule is CC(C)=CCC(C)(C)C(=O)Cl.COC(=O)C(C)(C)CC=C(C)C. The van der Waals surface area contributed by atoms with Crippen molar-refractivity contribution in [2.75, 3.05) is 7.11 Å². The molecule has 0 aromatic rings. The molecule has 0 radical (unpaired) electrons. The van der Waals surface area contributed by atoms with E-state index in [1.807, 2.05) is 61.5 Å². The van der Waals surface area contributed by atoms with Gasteiger partial charge in [-0.3, -0.25) is 9.59 Å². The van der Waals surface area contributed by atoms with Crippen molar-refractivity contribution in [1.82, 2.24) is 0 Å². The maximum atomic E-state index is 11.2. The molecule has 3 nitrogen and oxygen atoms in total. The van der Waals surface area contributed by atoms with Gasteiger partial charge in [-0.05, 0) is 66.0 Å². The van der Waals surface area contributed by atoms with Crippen molar-refractivity contribution in [3.05, 3.63) is 23.3 Å². The number of carbonyl (C=O) groups excluding carboxylic acids is 2. The van der Waals surface area contributed by atoms with Gasteiger partial charge in [-0.15, -0.1) is 0 Å². The molecule has 0 fully saturated rings. The molecule has 4 heteroatoms. The summed E-state index contributed by atoms with van der Waals surface area (Å²) >= 11 is 5.38. The summed E-state index contributed by atoms with van der Waals surface area (Å²) < 4.78 is 4.68. The van der Waals surface area contributed by atoms with E-state index in [2.05, 4.69) is 10.8 Å². The lowest BCUT2D eigenvalue weighted by atomic mass is 9.89. The Morgan fingerprint density at radius 3 is 1.48 bits per heavy atom. The Balaban J connectivity index is 0. The minimum absolute atomic E-state index is 0.153. The zero-order valence-corrected chi connectivity index (χ0v) is 16.9. The lowest BCUT2D eigenvalue weighted by Crippen LogP contribution is -2.24. The van der Waals surface area contributed by atoms with E-state index in [0.717, 1.165) is 12.8 Å². The molecule has 0 aromatic carbocycles. The first-order valence-electron chi connectivity index (χ1n) is 7.81. The standard InChI is InChI=1S/C10H18O2.C9H15ClO/c1-8(2)6-7-10(3,4)9(11)12-5;1-7(2)5-6-9(3,4)8(10)11/h6H,7H2,1-5H3;5H,6H2,1-4H3. The van der Waals surface area contributed by atoms with E-state index in [1.165, 1.54) is 18.3 Å². The first-order chi connectivity index (χ1) is 10.3. The highest BCUT2D eigenvalue weighted by Gasteiger charge is 2.27. The second-order valence-electron chi connectivity index (χ2n) is 7.50. The van der Waals surface area contributed by atoms with Gasteiger partial charge < -0.3 is 4.74 Å². The lowest BCUT2D eigenvalue weighted by Gasteiger charge is -2.19. The second kappa shape index (κ2) is 10.6. The predicted octanol–water partition coefficient (Wildman–Crippen LogP) is 5.68.